The van der Waals surface area contributed by atoms with E-state index < -0.39 is 0 Å². The molecule has 0 aliphatic carbocycles. The second-order valence-corrected chi connectivity index (χ2v) is 3.85. The van der Waals surface area contributed by atoms with Crippen molar-refractivity contribution in [3.8, 4) is 0 Å². The Hall–Kier alpha value is -1.65. The third kappa shape index (κ3) is 1.65. The molecule has 15 heavy (non-hydrogen) atoms. The number of amides is 2. The molecule has 5 nitrogen and oxygen atoms in total. The molecule has 2 rings (SSSR count). The number of rotatable bonds is 1. The Balaban J connectivity index is 2.20. The van der Waals surface area contributed by atoms with Crippen LogP contribution in [0.2, 0.25) is 0 Å². The minimum absolute atomic E-state index is 0.0892. The molecule has 0 spiro atoms. The van der Waals surface area contributed by atoms with Crippen molar-refractivity contribution in [2.24, 2.45) is 7.05 Å². The molecule has 5 heteroatoms. The lowest BCUT2D eigenvalue weighted by Crippen LogP contribution is -2.29. The van der Waals surface area contributed by atoms with Crippen molar-refractivity contribution in [2.45, 2.75) is 19.3 Å². The number of carbonyl (C=O) groups excluding carboxylic acids is 2. The quantitative estimate of drug-likeness (QED) is 0.664. The maximum absolute atomic E-state index is 11.5. The van der Waals surface area contributed by atoms with Crippen LogP contribution >= 0.6 is 0 Å². The van der Waals surface area contributed by atoms with E-state index in [2.05, 4.69) is 4.98 Å². The fourth-order valence-electron chi connectivity index (χ4n) is 1.97. The third-order valence-electron chi connectivity index (χ3n) is 2.78. The summed E-state index contributed by atoms with van der Waals surface area (Å²) in [6, 6.07) is 0. The molecule has 1 aliphatic rings. The van der Waals surface area contributed by atoms with E-state index in [0.717, 1.165) is 5.69 Å². The highest BCUT2D eigenvalue weighted by Crippen LogP contribution is 2.27. The standard InChI is InChI=1S/C10H13N3O2/c1-7(14)13-5-8(3-10(13)15)9-4-11-6-12(9)2/h4,6,8H,3,5H2,1-2H3. The molecule has 0 radical (unpaired) electrons. The summed E-state index contributed by atoms with van der Waals surface area (Å²) in [6.07, 6.45) is 3.86. The third-order valence-corrected chi connectivity index (χ3v) is 2.78. The lowest BCUT2D eigenvalue weighted by atomic mass is 10.1. The smallest absolute Gasteiger partial charge is 0.229 e. The molecule has 0 N–H and O–H groups in total. The Morgan fingerprint density at radius 3 is 2.80 bits per heavy atom. The fourth-order valence-corrected chi connectivity index (χ4v) is 1.97. The monoisotopic (exact) mass is 207 g/mol. The molecule has 1 unspecified atom stereocenters. The Kier molecular flexibility index (Phi) is 2.30. The number of carbonyl (C=O) groups is 2. The van der Waals surface area contributed by atoms with Gasteiger partial charge in [-0.1, -0.05) is 0 Å². The molecule has 0 bridgehead atoms. The molecule has 0 saturated carbocycles. The number of nitrogens with zero attached hydrogens (tertiary/aromatic N) is 3. The Morgan fingerprint density at radius 1 is 1.60 bits per heavy atom. The van der Waals surface area contributed by atoms with Crippen LogP contribution in [0.25, 0.3) is 0 Å². The summed E-state index contributed by atoms with van der Waals surface area (Å²) in [4.78, 5) is 28.0. The summed E-state index contributed by atoms with van der Waals surface area (Å²) in [5.74, 6) is -0.174. The normalized spacial score (nSPS) is 21.1. The summed E-state index contributed by atoms with van der Waals surface area (Å²) in [5, 5.41) is 0. The Labute approximate surface area is 87.7 Å². The first-order valence-corrected chi connectivity index (χ1v) is 4.86. The topological polar surface area (TPSA) is 55.2 Å². The van der Waals surface area contributed by atoms with Gasteiger partial charge < -0.3 is 4.57 Å². The molecule has 1 fully saturated rings. The highest BCUT2D eigenvalue weighted by atomic mass is 16.2. The molecule has 2 amide bonds. The first kappa shape index (κ1) is 9.89. The first-order valence-electron chi connectivity index (χ1n) is 4.86. The molecular weight excluding hydrogens is 194 g/mol. The average molecular weight is 207 g/mol. The van der Waals surface area contributed by atoms with Crippen molar-refractivity contribution < 1.29 is 9.59 Å². The van der Waals surface area contributed by atoms with Crippen LogP contribution in [0, 0.1) is 0 Å². The number of imidazole rings is 1. The van der Waals surface area contributed by atoms with E-state index in [1.54, 1.807) is 12.5 Å². The van der Waals surface area contributed by atoms with Crippen molar-refractivity contribution in [1.29, 1.82) is 0 Å². The Bertz CT molecular complexity index is 411. The van der Waals surface area contributed by atoms with Gasteiger partial charge in [0.2, 0.25) is 11.8 Å². The summed E-state index contributed by atoms with van der Waals surface area (Å²) in [5.41, 5.74) is 1.01. The van der Waals surface area contributed by atoms with Gasteiger partial charge in [0.05, 0.1) is 6.33 Å². The van der Waals surface area contributed by atoms with E-state index >= 15 is 0 Å². The van der Waals surface area contributed by atoms with Crippen LogP contribution in [0.3, 0.4) is 0 Å². The van der Waals surface area contributed by atoms with Gasteiger partial charge in [-0.15, -0.1) is 0 Å². The van der Waals surface area contributed by atoms with Gasteiger partial charge in [-0.25, -0.2) is 4.98 Å². The molecule has 0 aromatic carbocycles. The zero-order valence-electron chi connectivity index (χ0n) is 8.80. The molecule has 1 aliphatic heterocycles. The van der Waals surface area contributed by atoms with Gasteiger partial charge >= 0.3 is 0 Å². The van der Waals surface area contributed by atoms with E-state index in [1.165, 1.54) is 11.8 Å². The van der Waals surface area contributed by atoms with Crippen molar-refractivity contribution in [2.75, 3.05) is 6.54 Å². The first-order chi connectivity index (χ1) is 7.09. The fraction of sp³-hybridized carbons (Fsp3) is 0.500. The molecular formula is C10H13N3O2. The predicted molar refractivity (Wildman–Crippen MR) is 53.0 cm³/mol. The van der Waals surface area contributed by atoms with E-state index in [4.69, 9.17) is 0 Å². The minimum Gasteiger partial charge on any atom is -0.337 e. The predicted octanol–water partition coefficient (Wildman–Crippen LogP) is 0.282. The van der Waals surface area contributed by atoms with Crippen LogP contribution in [0.5, 0.6) is 0 Å². The van der Waals surface area contributed by atoms with Gasteiger partial charge in [-0.2, -0.15) is 0 Å². The van der Waals surface area contributed by atoms with Crippen LogP contribution in [0.1, 0.15) is 25.0 Å². The minimum atomic E-state index is -0.176. The van der Waals surface area contributed by atoms with Crippen LogP contribution in [-0.4, -0.2) is 32.8 Å². The van der Waals surface area contributed by atoms with Gasteiger partial charge in [0.15, 0.2) is 0 Å². The second kappa shape index (κ2) is 3.49. The van der Waals surface area contributed by atoms with Crippen LogP contribution in [0.15, 0.2) is 12.5 Å². The van der Waals surface area contributed by atoms with Crippen molar-refractivity contribution >= 4 is 11.8 Å². The lowest BCUT2D eigenvalue weighted by Gasteiger charge is -2.12. The molecule has 1 saturated heterocycles. The van der Waals surface area contributed by atoms with E-state index in [9.17, 15) is 9.59 Å². The summed E-state index contributed by atoms with van der Waals surface area (Å²) >= 11 is 0. The van der Waals surface area contributed by atoms with Crippen LogP contribution in [0.4, 0.5) is 0 Å². The number of likely N-dealkylation sites (tertiary alicyclic amines) is 1. The maximum atomic E-state index is 11.5. The largest absolute Gasteiger partial charge is 0.337 e. The van der Waals surface area contributed by atoms with E-state index in [1.807, 2.05) is 11.6 Å². The van der Waals surface area contributed by atoms with Gasteiger partial charge in [0.25, 0.3) is 0 Å². The van der Waals surface area contributed by atoms with Gasteiger partial charge in [-0.05, 0) is 0 Å². The van der Waals surface area contributed by atoms with Gasteiger partial charge in [0.1, 0.15) is 0 Å². The summed E-state index contributed by atoms with van der Waals surface area (Å²) in [7, 11) is 1.89. The number of hydrogen-bond acceptors (Lipinski definition) is 3. The summed E-state index contributed by atoms with van der Waals surface area (Å²) < 4.78 is 1.89. The van der Waals surface area contributed by atoms with Gasteiger partial charge in [-0.3, -0.25) is 14.5 Å². The highest BCUT2D eigenvalue weighted by molar-refractivity contribution is 5.96. The van der Waals surface area contributed by atoms with Gasteiger partial charge in [0, 0.05) is 44.7 Å². The lowest BCUT2D eigenvalue weighted by molar-refractivity contribution is -0.140. The zero-order valence-corrected chi connectivity index (χ0v) is 8.80. The number of aromatic nitrogens is 2. The van der Waals surface area contributed by atoms with Crippen LogP contribution in [-0.2, 0) is 16.6 Å². The SMILES string of the molecule is CC(=O)N1CC(c2cncn2C)CC1=O. The molecule has 1 atom stereocenters. The number of imide groups is 1. The zero-order chi connectivity index (χ0) is 11.0. The highest BCUT2D eigenvalue weighted by Gasteiger charge is 2.34. The van der Waals surface area contributed by atoms with E-state index in [0.29, 0.717) is 13.0 Å². The molecule has 1 aromatic heterocycles. The maximum Gasteiger partial charge on any atom is 0.229 e. The number of hydrogen-bond donors (Lipinski definition) is 0. The molecule has 2 heterocycles. The van der Waals surface area contributed by atoms with Crippen molar-refractivity contribution in [1.82, 2.24) is 14.5 Å². The van der Waals surface area contributed by atoms with E-state index in [-0.39, 0.29) is 17.7 Å². The molecule has 80 valence electrons. The second-order valence-electron chi connectivity index (χ2n) is 3.85. The Morgan fingerprint density at radius 2 is 2.33 bits per heavy atom. The van der Waals surface area contributed by atoms with Crippen molar-refractivity contribution in [3.63, 3.8) is 0 Å². The van der Waals surface area contributed by atoms with Crippen molar-refractivity contribution in [3.05, 3.63) is 18.2 Å². The van der Waals surface area contributed by atoms with Crippen LogP contribution < -0.4 is 0 Å². The average Bonchev–Trinajstić information content (AvgIpc) is 2.71. The number of aryl methyl sites for hydroxylation is 1. The molecule has 1 aromatic rings. The summed E-state index contributed by atoms with van der Waals surface area (Å²) in [6.45, 7) is 1.90.